The first-order chi connectivity index (χ1) is 11.7. The molecular formula is C18H27N5O. The summed E-state index contributed by atoms with van der Waals surface area (Å²) in [6.07, 6.45) is 2.60. The van der Waals surface area contributed by atoms with Crippen molar-refractivity contribution < 1.29 is 4.52 Å². The second kappa shape index (κ2) is 9.72. The molecule has 0 radical (unpaired) electrons. The first-order valence-electron chi connectivity index (χ1n) is 8.27. The van der Waals surface area contributed by atoms with E-state index in [-0.39, 0.29) is 0 Å². The van der Waals surface area contributed by atoms with Crippen molar-refractivity contribution in [2.24, 2.45) is 4.99 Å². The van der Waals surface area contributed by atoms with E-state index in [1.54, 1.807) is 13.3 Å². The Morgan fingerprint density at radius 3 is 2.71 bits per heavy atom. The molecule has 1 aromatic heterocycles. The lowest BCUT2D eigenvalue weighted by Gasteiger charge is -2.25. The highest BCUT2D eigenvalue weighted by molar-refractivity contribution is 5.79. The molecule has 0 spiro atoms. The number of nitrogens with zero attached hydrogens (tertiary/aromatic N) is 3. The molecule has 1 heterocycles. The van der Waals surface area contributed by atoms with E-state index in [4.69, 9.17) is 4.52 Å². The molecule has 0 amide bonds. The van der Waals surface area contributed by atoms with Crippen LogP contribution in [0.1, 0.15) is 24.6 Å². The summed E-state index contributed by atoms with van der Waals surface area (Å²) in [4.78, 5) is 6.58. The predicted molar refractivity (Wildman–Crippen MR) is 96.7 cm³/mol. The smallest absolute Gasteiger partial charge is 0.191 e. The van der Waals surface area contributed by atoms with Crippen LogP contribution >= 0.6 is 0 Å². The summed E-state index contributed by atoms with van der Waals surface area (Å²) in [6, 6.07) is 12.9. The Hall–Kier alpha value is -2.34. The van der Waals surface area contributed by atoms with Gasteiger partial charge in [0.05, 0.1) is 6.54 Å². The predicted octanol–water partition coefficient (Wildman–Crippen LogP) is 2.25. The van der Waals surface area contributed by atoms with Gasteiger partial charge in [0.1, 0.15) is 12.0 Å². The average molecular weight is 329 g/mol. The minimum absolute atomic E-state index is 0.478. The van der Waals surface area contributed by atoms with Gasteiger partial charge in [0.15, 0.2) is 5.96 Å². The third kappa shape index (κ3) is 6.04. The fraction of sp³-hybridized carbons (Fsp3) is 0.444. The van der Waals surface area contributed by atoms with Crippen molar-refractivity contribution in [2.45, 2.75) is 32.5 Å². The monoisotopic (exact) mass is 329 g/mol. The second-order valence-corrected chi connectivity index (χ2v) is 5.88. The topological polar surface area (TPSA) is 65.7 Å². The number of benzene rings is 1. The Morgan fingerprint density at radius 1 is 1.25 bits per heavy atom. The number of guanidine groups is 1. The number of aromatic nitrogens is 1. The van der Waals surface area contributed by atoms with Gasteiger partial charge in [0, 0.05) is 32.2 Å². The number of rotatable bonds is 8. The van der Waals surface area contributed by atoms with Crippen LogP contribution in [0.15, 0.2) is 52.2 Å². The molecule has 0 aliphatic heterocycles. The van der Waals surface area contributed by atoms with Crippen molar-refractivity contribution in [3.8, 4) is 0 Å². The van der Waals surface area contributed by atoms with Crippen LogP contribution in [0.25, 0.3) is 0 Å². The summed E-state index contributed by atoms with van der Waals surface area (Å²) >= 11 is 0. The lowest BCUT2D eigenvalue weighted by Crippen LogP contribution is -2.39. The molecule has 0 saturated heterocycles. The zero-order valence-corrected chi connectivity index (χ0v) is 14.7. The van der Waals surface area contributed by atoms with E-state index in [2.05, 4.69) is 70.0 Å². The van der Waals surface area contributed by atoms with E-state index in [1.165, 1.54) is 5.56 Å². The van der Waals surface area contributed by atoms with E-state index in [0.717, 1.165) is 31.2 Å². The van der Waals surface area contributed by atoms with Crippen LogP contribution in [0, 0.1) is 0 Å². The molecule has 0 aliphatic rings. The van der Waals surface area contributed by atoms with Gasteiger partial charge in [-0.15, -0.1) is 0 Å². The number of nitrogens with one attached hydrogen (secondary N) is 2. The minimum atomic E-state index is 0.478. The van der Waals surface area contributed by atoms with Crippen LogP contribution in [0.2, 0.25) is 0 Å². The minimum Gasteiger partial charge on any atom is -0.364 e. The maximum Gasteiger partial charge on any atom is 0.191 e. The Bertz CT molecular complexity index is 597. The van der Waals surface area contributed by atoms with E-state index in [9.17, 15) is 0 Å². The van der Waals surface area contributed by atoms with Crippen LogP contribution in [0.3, 0.4) is 0 Å². The van der Waals surface area contributed by atoms with Crippen LogP contribution in [-0.4, -0.2) is 42.7 Å². The highest BCUT2D eigenvalue weighted by Crippen LogP contribution is 2.07. The molecule has 130 valence electrons. The Balaban J connectivity index is 1.67. The van der Waals surface area contributed by atoms with Crippen LogP contribution in [-0.2, 0) is 13.1 Å². The summed E-state index contributed by atoms with van der Waals surface area (Å²) in [6.45, 7) is 4.66. The van der Waals surface area contributed by atoms with Crippen molar-refractivity contribution in [1.82, 2.24) is 20.7 Å². The zero-order valence-electron chi connectivity index (χ0n) is 14.7. The Labute approximate surface area is 143 Å². The van der Waals surface area contributed by atoms with Crippen molar-refractivity contribution in [2.75, 3.05) is 20.6 Å². The summed E-state index contributed by atoms with van der Waals surface area (Å²) in [7, 11) is 3.93. The van der Waals surface area contributed by atoms with Crippen LogP contribution < -0.4 is 10.6 Å². The molecule has 0 fully saturated rings. The van der Waals surface area contributed by atoms with Gasteiger partial charge in [0.25, 0.3) is 0 Å². The van der Waals surface area contributed by atoms with Gasteiger partial charge in [0.2, 0.25) is 0 Å². The molecule has 6 nitrogen and oxygen atoms in total. The number of hydrogen-bond acceptors (Lipinski definition) is 4. The quantitative estimate of drug-likeness (QED) is 0.574. The van der Waals surface area contributed by atoms with E-state index in [1.807, 2.05) is 6.07 Å². The lowest BCUT2D eigenvalue weighted by atomic mass is 10.1. The summed E-state index contributed by atoms with van der Waals surface area (Å²) in [5.41, 5.74) is 2.19. The van der Waals surface area contributed by atoms with E-state index >= 15 is 0 Å². The second-order valence-electron chi connectivity index (χ2n) is 5.88. The van der Waals surface area contributed by atoms with Crippen molar-refractivity contribution in [3.63, 3.8) is 0 Å². The van der Waals surface area contributed by atoms with E-state index < -0.39 is 0 Å². The van der Waals surface area contributed by atoms with Crippen molar-refractivity contribution in [1.29, 1.82) is 0 Å². The van der Waals surface area contributed by atoms with Crippen LogP contribution in [0.5, 0.6) is 0 Å². The fourth-order valence-electron chi connectivity index (χ4n) is 2.37. The van der Waals surface area contributed by atoms with Crippen molar-refractivity contribution >= 4 is 5.96 Å². The molecule has 2 rings (SSSR count). The van der Waals surface area contributed by atoms with E-state index in [0.29, 0.717) is 12.6 Å². The molecule has 0 saturated carbocycles. The molecule has 0 aliphatic carbocycles. The Kier molecular flexibility index (Phi) is 7.29. The van der Waals surface area contributed by atoms with Gasteiger partial charge >= 0.3 is 0 Å². The van der Waals surface area contributed by atoms with Gasteiger partial charge in [-0.25, -0.2) is 0 Å². The molecule has 1 unspecified atom stereocenters. The van der Waals surface area contributed by atoms with Crippen LogP contribution in [0.4, 0.5) is 0 Å². The fourth-order valence-corrected chi connectivity index (χ4v) is 2.37. The van der Waals surface area contributed by atoms with Gasteiger partial charge in [-0.05, 0) is 26.0 Å². The molecular weight excluding hydrogens is 302 g/mol. The average Bonchev–Trinajstić information content (AvgIpc) is 3.12. The zero-order chi connectivity index (χ0) is 17.2. The lowest BCUT2D eigenvalue weighted by molar-refractivity contribution is 0.238. The maximum absolute atomic E-state index is 4.81. The van der Waals surface area contributed by atoms with Gasteiger partial charge < -0.3 is 15.2 Å². The first kappa shape index (κ1) is 18.0. The SMILES string of the molecule is CN=C(NCCC(C)N(C)Cc1ccccc1)NCc1ccon1. The standard InChI is InChI=1S/C18H27N5O/c1-15(23(3)14-16-7-5-4-6-8-16)9-11-20-18(19-2)21-13-17-10-12-24-22-17/h4-8,10,12,15H,9,11,13-14H2,1-3H3,(H2,19,20,21). The molecule has 2 N–H and O–H groups in total. The molecule has 24 heavy (non-hydrogen) atoms. The summed E-state index contributed by atoms with van der Waals surface area (Å²) in [5.74, 6) is 0.774. The summed E-state index contributed by atoms with van der Waals surface area (Å²) in [5, 5.41) is 10.4. The van der Waals surface area contributed by atoms with Gasteiger partial charge in [-0.3, -0.25) is 9.89 Å². The van der Waals surface area contributed by atoms with Gasteiger partial charge in [-0.1, -0.05) is 35.5 Å². The molecule has 0 bridgehead atoms. The Morgan fingerprint density at radius 2 is 2.04 bits per heavy atom. The summed E-state index contributed by atoms with van der Waals surface area (Å²) < 4.78 is 4.81. The molecule has 6 heteroatoms. The molecule has 1 atom stereocenters. The molecule has 1 aromatic carbocycles. The normalized spacial score (nSPS) is 13.1. The van der Waals surface area contributed by atoms with Gasteiger partial charge in [-0.2, -0.15) is 0 Å². The largest absolute Gasteiger partial charge is 0.364 e. The highest BCUT2D eigenvalue weighted by atomic mass is 16.5. The maximum atomic E-state index is 4.81. The third-order valence-electron chi connectivity index (χ3n) is 4.03. The first-order valence-corrected chi connectivity index (χ1v) is 8.27. The number of aliphatic imine (C=N–C) groups is 1. The highest BCUT2D eigenvalue weighted by Gasteiger charge is 2.09. The third-order valence-corrected chi connectivity index (χ3v) is 4.03. The number of hydrogen-bond donors (Lipinski definition) is 2. The van der Waals surface area contributed by atoms with Crippen molar-refractivity contribution in [3.05, 3.63) is 53.9 Å². The molecule has 2 aromatic rings.